The molecule has 9 nitrogen and oxygen atoms in total. The average Bonchev–Trinajstić information content (AvgIpc) is 2.74. The molecular weight excluding hydrogens is 428 g/mol. The zero-order valence-electron chi connectivity index (χ0n) is 20.1. The van der Waals surface area contributed by atoms with Gasteiger partial charge >= 0.3 is 18.0 Å². The molecule has 2 amide bonds. The number of amides is 2. The van der Waals surface area contributed by atoms with Crippen molar-refractivity contribution in [2.24, 2.45) is 0 Å². The van der Waals surface area contributed by atoms with Gasteiger partial charge < -0.3 is 24.8 Å². The molecule has 2 atom stereocenters. The Morgan fingerprint density at radius 1 is 1.03 bits per heavy atom. The summed E-state index contributed by atoms with van der Waals surface area (Å²) in [6.07, 6.45) is -0.304. The van der Waals surface area contributed by atoms with Crippen LogP contribution in [0.4, 0.5) is 4.79 Å². The normalized spacial score (nSPS) is 12.8. The van der Waals surface area contributed by atoms with Crippen LogP contribution in [0.5, 0.6) is 0 Å². The van der Waals surface area contributed by atoms with Crippen LogP contribution in [0.2, 0.25) is 0 Å². The summed E-state index contributed by atoms with van der Waals surface area (Å²) < 4.78 is 15.6. The number of ether oxygens (including phenoxy) is 3. The standard InChI is InChI=1S/C24H36N2O7/c1-6-17(2)32-21(28)13-12-20(27)26-19(14-15-25-23(30)33-24(3,4)5)22(29)31-16-18-10-8-7-9-11-18/h7-11,17,19H,6,12-16H2,1-5H3,(H,25,30)(H,26,27)/t17?,19-/m0/s1. The van der Waals surface area contributed by atoms with Crippen molar-refractivity contribution in [2.45, 2.75) is 84.7 Å². The summed E-state index contributed by atoms with van der Waals surface area (Å²) in [5.74, 6) is -1.61. The van der Waals surface area contributed by atoms with E-state index in [-0.39, 0.29) is 38.5 Å². The van der Waals surface area contributed by atoms with Crippen molar-refractivity contribution in [1.29, 1.82) is 0 Å². The van der Waals surface area contributed by atoms with E-state index in [1.165, 1.54) is 0 Å². The van der Waals surface area contributed by atoms with Gasteiger partial charge in [0.1, 0.15) is 18.2 Å². The predicted molar refractivity (Wildman–Crippen MR) is 122 cm³/mol. The summed E-state index contributed by atoms with van der Waals surface area (Å²) in [6.45, 7) is 9.01. The molecule has 0 aliphatic heterocycles. The monoisotopic (exact) mass is 464 g/mol. The summed E-state index contributed by atoms with van der Waals surface area (Å²) >= 11 is 0. The van der Waals surface area contributed by atoms with Crippen molar-refractivity contribution in [2.75, 3.05) is 6.54 Å². The molecule has 9 heteroatoms. The van der Waals surface area contributed by atoms with Crippen LogP contribution in [0, 0.1) is 0 Å². The first-order valence-electron chi connectivity index (χ1n) is 11.2. The molecule has 0 aliphatic carbocycles. The highest BCUT2D eigenvalue weighted by molar-refractivity contribution is 5.86. The van der Waals surface area contributed by atoms with Gasteiger partial charge in [-0.25, -0.2) is 9.59 Å². The zero-order valence-corrected chi connectivity index (χ0v) is 20.1. The van der Waals surface area contributed by atoms with Gasteiger partial charge in [-0.2, -0.15) is 0 Å². The van der Waals surface area contributed by atoms with E-state index in [0.29, 0.717) is 6.42 Å². The lowest BCUT2D eigenvalue weighted by molar-refractivity contribution is -0.150. The van der Waals surface area contributed by atoms with E-state index in [1.54, 1.807) is 27.7 Å². The van der Waals surface area contributed by atoms with E-state index < -0.39 is 35.6 Å². The van der Waals surface area contributed by atoms with Crippen LogP contribution in [0.3, 0.4) is 0 Å². The lowest BCUT2D eigenvalue weighted by atomic mass is 10.2. The molecule has 1 aromatic rings. The maximum Gasteiger partial charge on any atom is 0.407 e. The Morgan fingerprint density at radius 2 is 1.70 bits per heavy atom. The second-order valence-electron chi connectivity index (χ2n) is 8.64. The number of carbonyl (C=O) groups excluding carboxylic acids is 4. The van der Waals surface area contributed by atoms with Gasteiger partial charge in [0.2, 0.25) is 5.91 Å². The van der Waals surface area contributed by atoms with Crippen LogP contribution < -0.4 is 10.6 Å². The van der Waals surface area contributed by atoms with Gasteiger partial charge in [0.15, 0.2) is 0 Å². The quantitative estimate of drug-likeness (QED) is 0.360. The van der Waals surface area contributed by atoms with Crippen LogP contribution in [-0.2, 0) is 35.2 Å². The molecule has 0 aromatic heterocycles. The molecule has 0 bridgehead atoms. The fourth-order valence-corrected chi connectivity index (χ4v) is 2.56. The predicted octanol–water partition coefficient (Wildman–Crippen LogP) is 3.25. The van der Waals surface area contributed by atoms with E-state index >= 15 is 0 Å². The highest BCUT2D eigenvalue weighted by Crippen LogP contribution is 2.08. The molecule has 0 spiro atoms. The SMILES string of the molecule is CCC(C)OC(=O)CCC(=O)N[C@@H](CCNC(=O)OC(C)(C)C)C(=O)OCc1ccccc1. The Labute approximate surface area is 195 Å². The molecule has 0 heterocycles. The van der Waals surface area contributed by atoms with E-state index in [2.05, 4.69) is 10.6 Å². The van der Waals surface area contributed by atoms with Gasteiger partial charge in [-0.1, -0.05) is 37.3 Å². The van der Waals surface area contributed by atoms with E-state index in [9.17, 15) is 19.2 Å². The smallest absolute Gasteiger partial charge is 0.407 e. The molecule has 0 saturated carbocycles. The van der Waals surface area contributed by atoms with Gasteiger partial charge in [0, 0.05) is 13.0 Å². The molecule has 1 rings (SSSR count). The van der Waals surface area contributed by atoms with E-state index in [1.807, 2.05) is 37.3 Å². The van der Waals surface area contributed by atoms with Gasteiger partial charge in [-0.05, 0) is 46.1 Å². The highest BCUT2D eigenvalue weighted by atomic mass is 16.6. The average molecular weight is 465 g/mol. The fraction of sp³-hybridized carbons (Fsp3) is 0.583. The summed E-state index contributed by atoms with van der Waals surface area (Å²) in [4.78, 5) is 48.6. The third kappa shape index (κ3) is 13.1. The first kappa shape index (κ1) is 27.9. The summed E-state index contributed by atoms with van der Waals surface area (Å²) in [6, 6.07) is 8.13. The number of hydrogen-bond acceptors (Lipinski definition) is 7. The maximum atomic E-state index is 12.6. The molecule has 1 aromatic carbocycles. The summed E-state index contributed by atoms with van der Waals surface area (Å²) in [7, 11) is 0. The number of hydrogen-bond donors (Lipinski definition) is 2. The van der Waals surface area contributed by atoms with Gasteiger partial charge in [0.05, 0.1) is 12.5 Å². The second-order valence-corrected chi connectivity index (χ2v) is 8.64. The molecular formula is C24H36N2O7. The summed E-state index contributed by atoms with van der Waals surface area (Å²) in [5.41, 5.74) is 0.145. The molecule has 33 heavy (non-hydrogen) atoms. The Hall–Kier alpha value is -3.10. The Kier molecular flexibility index (Phi) is 12.0. The molecule has 184 valence electrons. The molecule has 0 aliphatic rings. The highest BCUT2D eigenvalue weighted by Gasteiger charge is 2.24. The molecule has 2 N–H and O–H groups in total. The van der Waals surface area contributed by atoms with Crippen molar-refractivity contribution in [1.82, 2.24) is 10.6 Å². The zero-order chi connectivity index (χ0) is 24.9. The van der Waals surface area contributed by atoms with Crippen LogP contribution in [0.25, 0.3) is 0 Å². The van der Waals surface area contributed by atoms with Crippen molar-refractivity contribution < 1.29 is 33.4 Å². The van der Waals surface area contributed by atoms with Crippen LogP contribution in [0.15, 0.2) is 30.3 Å². The minimum atomic E-state index is -0.998. The topological polar surface area (TPSA) is 120 Å². The first-order valence-corrected chi connectivity index (χ1v) is 11.2. The van der Waals surface area contributed by atoms with Crippen LogP contribution in [0.1, 0.15) is 65.9 Å². The van der Waals surface area contributed by atoms with Crippen molar-refractivity contribution in [3.05, 3.63) is 35.9 Å². The lowest BCUT2D eigenvalue weighted by Crippen LogP contribution is -2.44. The molecule has 1 unspecified atom stereocenters. The number of alkyl carbamates (subject to hydrolysis) is 1. The fourth-order valence-electron chi connectivity index (χ4n) is 2.56. The van der Waals surface area contributed by atoms with E-state index in [0.717, 1.165) is 5.56 Å². The van der Waals surface area contributed by atoms with Gasteiger partial charge in [-0.3, -0.25) is 9.59 Å². The third-order valence-corrected chi connectivity index (χ3v) is 4.41. The lowest BCUT2D eigenvalue weighted by Gasteiger charge is -2.21. The second kappa shape index (κ2) is 14.1. The maximum absolute atomic E-state index is 12.6. The Balaban J connectivity index is 2.63. The largest absolute Gasteiger partial charge is 0.463 e. The number of carbonyl (C=O) groups is 4. The molecule has 0 radical (unpaired) electrons. The van der Waals surface area contributed by atoms with Crippen molar-refractivity contribution in [3.8, 4) is 0 Å². The minimum Gasteiger partial charge on any atom is -0.463 e. The molecule has 0 fully saturated rings. The number of esters is 2. The Morgan fingerprint density at radius 3 is 2.30 bits per heavy atom. The van der Waals surface area contributed by atoms with Crippen molar-refractivity contribution in [3.63, 3.8) is 0 Å². The summed E-state index contributed by atoms with van der Waals surface area (Å²) in [5, 5.41) is 5.14. The van der Waals surface area contributed by atoms with Crippen molar-refractivity contribution >= 4 is 23.9 Å². The number of nitrogens with one attached hydrogen (secondary N) is 2. The van der Waals surface area contributed by atoms with Gasteiger partial charge in [-0.15, -0.1) is 0 Å². The number of benzene rings is 1. The van der Waals surface area contributed by atoms with Gasteiger partial charge in [0.25, 0.3) is 0 Å². The third-order valence-electron chi connectivity index (χ3n) is 4.41. The minimum absolute atomic E-state index is 0.0484. The van der Waals surface area contributed by atoms with E-state index in [4.69, 9.17) is 14.2 Å². The molecule has 0 saturated heterocycles. The number of rotatable bonds is 12. The first-order chi connectivity index (χ1) is 15.5. The Bertz CT molecular complexity index is 775. The van der Waals surface area contributed by atoms with Crippen LogP contribution >= 0.6 is 0 Å². The van der Waals surface area contributed by atoms with Crippen LogP contribution in [-0.4, -0.2) is 48.2 Å².